The van der Waals surface area contributed by atoms with Crippen LogP contribution in [-0.2, 0) is 0 Å². The third-order valence-corrected chi connectivity index (χ3v) is 11.2. The molecule has 0 N–H and O–H groups in total. The summed E-state index contributed by atoms with van der Waals surface area (Å²) in [7, 11) is 0. The van der Waals surface area contributed by atoms with Crippen LogP contribution in [0.25, 0.3) is 78.1 Å². The standard InChI is InChI=1S/C51H35N3O2/c1-4-15-32(16-5-1)36-22-12-24-38-39-25-13-23-37(48(39)56-47(36)38)35-29-30-40(43(31-35)33-17-6-2-7-18-33)50-52-49(34-19-8-3-9-20-34)53-51(54-50)42-26-14-28-45-46(42)41-21-10-11-27-44(41)55-45/h1-2,4-8,10-31,39,48H,3,9H2. The van der Waals surface area contributed by atoms with Crippen LogP contribution in [0.3, 0.4) is 0 Å². The zero-order valence-electron chi connectivity index (χ0n) is 30.5. The lowest BCUT2D eigenvalue weighted by Crippen LogP contribution is -2.21. The van der Waals surface area contributed by atoms with Crippen molar-refractivity contribution in [3.05, 3.63) is 193 Å². The molecule has 3 aliphatic rings. The van der Waals surface area contributed by atoms with E-state index in [-0.39, 0.29) is 12.0 Å². The number of ether oxygens (including phenoxy) is 1. The smallest absolute Gasteiger partial charge is 0.164 e. The molecule has 11 rings (SSSR count). The van der Waals surface area contributed by atoms with Crippen LogP contribution in [0.2, 0.25) is 0 Å². The number of para-hydroxylation sites is 2. The lowest BCUT2D eigenvalue weighted by Gasteiger charge is -2.24. The number of hydrogen-bond acceptors (Lipinski definition) is 5. The van der Waals surface area contributed by atoms with Gasteiger partial charge in [-0.1, -0.05) is 152 Å². The van der Waals surface area contributed by atoms with Crippen LogP contribution in [0.1, 0.15) is 35.7 Å². The molecular formula is C51H35N3O2. The molecule has 2 atom stereocenters. The normalized spacial score (nSPS) is 17.0. The van der Waals surface area contributed by atoms with Crippen molar-refractivity contribution in [3.63, 3.8) is 0 Å². The monoisotopic (exact) mass is 721 g/mol. The molecule has 2 aliphatic carbocycles. The fraction of sp³-hybridized carbons (Fsp3) is 0.0784. The first-order valence-corrected chi connectivity index (χ1v) is 19.2. The Kier molecular flexibility index (Phi) is 7.69. The van der Waals surface area contributed by atoms with Crippen LogP contribution in [-0.4, -0.2) is 21.1 Å². The minimum absolute atomic E-state index is 0.112. The molecule has 2 aromatic heterocycles. The number of allylic oxidation sites excluding steroid dienone is 6. The van der Waals surface area contributed by atoms with Crippen molar-refractivity contribution >= 4 is 33.1 Å². The Morgan fingerprint density at radius 2 is 1.27 bits per heavy atom. The Balaban J connectivity index is 1.06. The van der Waals surface area contributed by atoms with Gasteiger partial charge in [0.2, 0.25) is 0 Å². The fourth-order valence-corrected chi connectivity index (χ4v) is 8.51. The van der Waals surface area contributed by atoms with Gasteiger partial charge in [-0.15, -0.1) is 0 Å². The quantitative estimate of drug-likeness (QED) is 0.171. The van der Waals surface area contributed by atoms with E-state index in [2.05, 4.69) is 146 Å². The van der Waals surface area contributed by atoms with Gasteiger partial charge in [-0.25, -0.2) is 15.0 Å². The zero-order valence-corrected chi connectivity index (χ0v) is 30.5. The molecule has 0 spiro atoms. The summed E-state index contributed by atoms with van der Waals surface area (Å²) in [6.07, 6.45) is 15.0. The Morgan fingerprint density at radius 1 is 0.554 bits per heavy atom. The van der Waals surface area contributed by atoms with E-state index in [1.54, 1.807) is 0 Å². The molecule has 56 heavy (non-hydrogen) atoms. The second-order valence-corrected chi connectivity index (χ2v) is 14.5. The topological polar surface area (TPSA) is 61.0 Å². The minimum atomic E-state index is -0.153. The van der Waals surface area contributed by atoms with Crippen molar-refractivity contribution in [2.45, 2.75) is 24.9 Å². The van der Waals surface area contributed by atoms with Crippen LogP contribution in [0.5, 0.6) is 5.75 Å². The molecule has 8 aromatic rings. The summed E-state index contributed by atoms with van der Waals surface area (Å²) < 4.78 is 13.2. The largest absolute Gasteiger partial charge is 0.484 e. The van der Waals surface area contributed by atoms with Crippen molar-refractivity contribution in [2.75, 3.05) is 0 Å². The molecule has 266 valence electrons. The van der Waals surface area contributed by atoms with Crippen LogP contribution in [0, 0.1) is 0 Å². The first-order valence-electron chi connectivity index (χ1n) is 19.2. The highest BCUT2D eigenvalue weighted by Crippen LogP contribution is 2.50. The Labute approximate surface area is 324 Å². The van der Waals surface area contributed by atoms with Crippen LogP contribution in [0.4, 0.5) is 0 Å². The third kappa shape index (κ3) is 5.43. The van der Waals surface area contributed by atoms with Crippen molar-refractivity contribution < 1.29 is 9.15 Å². The average Bonchev–Trinajstić information content (AvgIpc) is 3.86. The molecular weight excluding hydrogens is 687 g/mol. The SMILES string of the molecule is C1=CC2c3cccc(-c4ccccc4)c3OC2C(c2ccc(-c3nc(C4=CCCC=C4)nc(-c4cccc5oc6ccccc6c45)n3)c(-c3ccccc3)c2)=C1. The second kappa shape index (κ2) is 13.3. The number of fused-ring (bicyclic) bond motifs is 6. The van der Waals surface area contributed by atoms with Gasteiger partial charge in [-0.2, -0.15) is 0 Å². The van der Waals surface area contributed by atoms with Gasteiger partial charge in [-0.3, -0.25) is 0 Å². The number of furan rings is 1. The first kappa shape index (κ1) is 32.3. The van der Waals surface area contributed by atoms with E-state index in [1.165, 1.54) is 5.56 Å². The first-order chi connectivity index (χ1) is 27.8. The van der Waals surface area contributed by atoms with Gasteiger partial charge < -0.3 is 9.15 Å². The highest BCUT2D eigenvalue weighted by molar-refractivity contribution is 6.11. The number of hydrogen-bond donors (Lipinski definition) is 0. The summed E-state index contributed by atoms with van der Waals surface area (Å²) in [4.78, 5) is 15.7. The molecule has 0 bridgehead atoms. The molecule has 6 aromatic carbocycles. The molecule has 0 saturated carbocycles. The third-order valence-electron chi connectivity index (χ3n) is 11.2. The highest BCUT2D eigenvalue weighted by atomic mass is 16.5. The van der Waals surface area contributed by atoms with Crippen molar-refractivity contribution in [3.8, 4) is 50.8 Å². The number of aromatic nitrogens is 3. The Bertz CT molecular complexity index is 2950. The predicted molar refractivity (Wildman–Crippen MR) is 226 cm³/mol. The van der Waals surface area contributed by atoms with Gasteiger partial charge in [0.25, 0.3) is 0 Å². The van der Waals surface area contributed by atoms with E-state index < -0.39 is 0 Å². The maximum atomic E-state index is 6.96. The van der Waals surface area contributed by atoms with Gasteiger partial charge >= 0.3 is 0 Å². The predicted octanol–water partition coefficient (Wildman–Crippen LogP) is 12.7. The van der Waals surface area contributed by atoms with E-state index in [1.807, 2.05) is 30.3 Å². The molecule has 1 aliphatic heterocycles. The molecule has 2 unspecified atom stereocenters. The maximum absolute atomic E-state index is 6.96. The molecule has 0 radical (unpaired) electrons. The van der Waals surface area contributed by atoms with E-state index in [4.69, 9.17) is 24.1 Å². The van der Waals surface area contributed by atoms with Crippen molar-refractivity contribution in [2.24, 2.45) is 0 Å². The average molecular weight is 722 g/mol. The van der Waals surface area contributed by atoms with Crippen molar-refractivity contribution in [1.29, 1.82) is 0 Å². The van der Waals surface area contributed by atoms with Crippen LogP contribution >= 0.6 is 0 Å². The van der Waals surface area contributed by atoms with E-state index in [9.17, 15) is 0 Å². The highest BCUT2D eigenvalue weighted by Gasteiger charge is 2.38. The Hall–Kier alpha value is -7.11. The van der Waals surface area contributed by atoms with Crippen molar-refractivity contribution in [1.82, 2.24) is 15.0 Å². The molecule has 0 fully saturated rings. The number of rotatable bonds is 6. The molecule has 5 nitrogen and oxygen atoms in total. The van der Waals surface area contributed by atoms with Crippen LogP contribution < -0.4 is 4.74 Å². The Morgan fingerprint density at radius 3 is 2.09 bits per heavy atom. The van der Waals surface area contributed by atoms with E-state index in [0.29, 0.717) is 17.5 Å². The summed E-state index contributed by atoms with van der Waals surface area (Å²) in [5, 5.41) is 2.03. The summed E-state index contributed by atoms with van der Waals surface area (Å²) >= 11 is 0. The minimum Gasteiger partial charge on any atom is -0.484 e. The zero-order chi connectivity index (χ0) is 37.0. The summed E-state index contributed by atoms with van der Waals surface area (Å²) in [5.41, 5.74) is 12.3. The van der Waals surface area contributed by atoms with E-state index in [0.717, 1.165) is 90.6 Å². The second-order valence-electron chi connectivity index (χ2n) is 14.5. The number of benzene rings is 6. The van der Waals surface area contributed by atoms with Gasteiger partial charge in [0.15, 0.2) is 17.5 Å². The summed E-state index contributed by atoms with van der Waals surface area (Å²) in [5.74, 6) is 2.96. The van der Waals surface area contributed by atoms with Gasteiger partial charge in [0, 0.05) is 50.1 Å². The molecule has 0 saturated heterocycles. The number of nitrogens with zero attached hydrogens (tertiary/aromatic N) is 3. The maximum Gasteiger partial charge on any atom is 0.164 e. The van der Waals surface area contributed by atoms with Crippen LogP contribution in [0.15, 0.2) is 180 Å². The van der Waals surface area contributed by atoms with E-state index >= 15 is 0 Å². The molecule has 0 amide bonds. The van der Waals surface area contributed by atoms with Gasteiger partial charge in [-0.05, 0) is 59.4 Å². The lowest BCUT2D eigenvalue weighted by molar-refractivity contribution is 0.279. The van der Waals surface area contributed by atoms with Gasteiger partial charge in [0.1, 0.15) is 23.0 Å². The fourth-order valence-electron chi connectivity index (χ4n) is 8.51. The summed E-state index contributed by atoms with van der Waals surface area (Å²) in [6, 6.07) is 48.4. The molecule has 3 heterocycles. The molecule has 5 heteroatoms. The summed E-state index contributed by atoms with van der Waals surface area (Å²) in [6.45, 7) is 0. The van der Waals surface area contributed by atoms with Gasteiger partial charge in [0.05, 0.1) is 0 Å². The lowest BCUT2D eigenvalue weighted by atomic mass is 9.83.